The van der Waals surface area contributed by atoms with Gasteiger partial charge in [-0.15, -0.1) is 0 Å². The van der Waals surface area contributed by atoms with Crippen molar-refractivity contribution in [1.29, 1.82) is 0 Å². The Morgan fingerprint density at radius 3 is 2.91 bits per heavy atom. The average molecular weight is 526 g/mol. The van der Waals surface area contributed by atoms with Gasteiger partial charge < -0.3 is 26.4 Å². The number of fused-ring (bicyclic) bond motifs is 1. The molecule has 0 saturated carbocycles. The summed E-state index contributed by atoms with van der Waals surface area (Å²) in [6.45, 7) is 2.97. The number of aliphatic imine (C=N–C) groups is 1. The van der Waals surface area contributed by atoms with Gasteiger partial charge in [-0.05, 0) is 31.4 Å². The van der Waals surface area contributed by atoms with Gasteiger partial charge in [-0.3, -0.25) is 18.9 Å². The molecule has 3 aromatic rings. The van der Waals surface area contributed by atoms with Crippen LogP contribution in [0, 0.1) is 6.92 Å². The van der Waals surface area contributed by atoms with Crippen molar-refractivity contribution in [3.63, 3.8) is 0 Å². The molecular formula is C19H20ClN7O5S2. The van der Waals surface area contributed by atoms with Crippen molar-refractivity contribution in [2.75, 3.05) is 10.2 Å². The van der Waals surface area contributed by atoms with Crippen LogP contribution in [0.25, 0.3) is 0 Å². The number of carbonyl (C=O) groups is 1. The van der Waals surface area contributed by atoms with Gasteiger partial charge in [0.05, 0.1) is 11.8 Å². The van der Waals surface area contributed by atoms with E-state index in [2.05, 4.69) is 24.7 Å². The van der Waals surface area contributed by atoms with Crippen LogP contribution in [0.4, 0.5) is 16.0 Å². The number of amidine groups is 1. The maximum absolute atomic E-state index is 13.3. The van der Waals surface area contributed by atoms with E-state index in [1.807, 2.05) is 0 Å². The summed E-state index contributed by atoms with van der Waals surface area (Å²) in [5, 5.41) is 33.6. The highest BCUT2D eigenvalue weighted by atomic mass is 35.5. The van der Waals surface area contributed by atoms with Gasteiger partial charge in [-0.1, -0.05) is 22.9 Å². The first kappa shape index (κ1) is 24.3. The molecule has 180 valence electrons. The van der Waals surface area contributed by atoms with Crippen molar-refractivity contribution in [2.24, 2.45) is 10.7 Å². The predicted molar refractivity (Wildman–Crippen MR) is 129 cm³/mol. The smallest absolute Gasteiger partial charge is 0.273 e. The highest BCUT2D eigenvalue weighted by Gasteiger charge is 2.37. The van der Waals surface area contributed by atoms with E-state index >= 15 is 0 Å². The van der Waals surface area contributed by atoms with Crippen molar-refractivity contribution < 1.29 is 20.1 Å². The molecule has 34 heavy (non-hydrogen) atoms. The molecule has 7 N–H and O–H groups in total. The molecule has 3 atom stereocenters. The highest BCUT2D eigenvalue weighted by Crippen LogP contribution is 2.37. The Kier molecular flexibility index (Phi) is 6.71. The van der Waals surface area contributed by atoms with Crippen molar-refractivity contribution in [2.45, 2.75) is 38.8 Å². The third kappa shape index (κ3) is 4.43. The highest BCUT2D eigenvalue weighted by molar-refractivity contribution is 7.18. The fourth-order valence-electron chi connectivity index (χ4n) is 3.29. The van der Waals surface area contributed by atoms with Crippen LogP contribution in [0.1, 0.15) is 33.4 Å². The second-order valence-electron chi connectivity index (χ2n) is 7.42. The van der Waals surface area contributed by atoms with Crippen LogP contribution in [0.2, 0.25) is 5.02 Å². The largest absolute Gasteiger partial charge is 0.389 e. The summed E-state index contributed by atoms with van der Waals surface area (Å²) in [7, 11) is 0. The number of halogens is 1. The van der Waals surface area contributed by atoms with Gasteiger partial charge in [-0.2, -0.15) is 0 Å². The number of carbonyl (C=O) groups excluding carboxylic acids is 1. The lowest BCUT2D eigenvalue weighted by atomic mass is 10.2. The molecule has 3 unspecified atom stereocenters. The summed E-state index contributed by atoms with van der Waals surface area (Å²) in [6, 6.07) is 1.59. The van der Waals surface area contributed by atoms with Gasteiger partial charge in [0.25, 0.3) is 11.5 Å². The standard InChI is InChI=1S/C19H20ClN7O5S2/c1-6-12(18(32)27-10(29)5-8-9(20)3-4-22-14(8)27)33-19(23-6)25-17-11(16(31)26-34-17)13(21)24-15(30)7(2)28/h3-4,7,10,15,28-30H,5H2,1-2H3,(H2,21,24)(H,23,25)(H,26,31). The van der Waals surface area contributed by atoms with E-state index in [0.717, 1.165) is 22.9 Å². The van der Waals surface area contributed by atoms with E-state index in [-0.39, 0.29) is 32.8 Å². The molecule has 1 aliphatic heterocycles. The number of nitrogens with zero attached hydrogens (tertiary/aromatic N) is 4. The second-order valence-corrected chi connectivity index (χ2v) is 9.64. The lowest BCUT2D eigenvalue weighted by molar-refractivity contribution is 0.0376. The Morgan fingerprint density at radius 2 is 2.21 bits per heavy atom. The zero-order chi connectivity index (χ0) is 24.7. The van der Waals surface area contributed by atoms with Crippen molar-refractivity contribution in [3.8, 4) is 0 Å². The van der Waals surface area contributed by atoms with Crippen molar-refractivity contribution >= 4 is 62.2 Å². The van der Waals surface area contributed by atoms with Crippen molar-refractivity contribution in [1.82, 2.24) is 14.3 Å². The molecule has 4 heterocycles. The van der Waals surface area contributed by atoms with E-state index in [1.54, 1.807) is 13.0 Å². The Labute approximate surface area is 205 Å². The minimum Gasteiger partial charge on any atom is -0.389 e. The van der Waals surface area contributed by atoms with E-state index < -0.39 is 30.0 Å². The normalized spacial score (nSPS) is 17.5. The minimum atomic E-state index is -1.50. The Hall–Kier alpha value is -2.88. The molecule has 0 aromatic carbocycles. The monoisotopic (exact) mass is 525 g/mol. The third-order valence-corrected chi connectivity index (χ3v) is 7.19. The average Bonchev–Trinajstić information content (AvgIpc) is 3.42. The summed E-state index contributed by atoms with van der Waals surface area (Å²) in [4.78, 5) is 39.2. The molecule has 0 radical (unpaired) electrons. The zero-order valence-corrected chi connectivity index (χ0v) is 20.2. The molecule has 12 nitrogen and oxygen atoms in total. The molecule has 0 aliphatic carbocycles. The van der Waals surface area contributed by atoms with Gasteiger partial charge in [0, 0.05) is 23.2 Å². The number of aromatic amines is 1. The number of thiazole rings is 1. The maximum Gasteiger partial charge on any atom is 0.273 e. The molecule has 0 saturated heterocycles. The molecule has 1 amide bonds. The number of aromatic nitrogens is 3. The second kappa shape index (κ2) is 9.40. The summed E-state index contributed by atoms with van der Waals surface area (Å²) in [5.41, 5.74) is 6.28. The molecule has 0 spiro atoms. The van der Waals surface area contributed by atoms with Crippen LogP contribution >= 0.6 is 34.5 Å². The number of aliphatic hydroxyl groups is 3. The molecule has 3 aromatic heterocycles. The predicted octanol–water partition coefficient (Wildman–Crippen LogP) is 0.919. The molecule has 15 heteroatoms. The van der Waals surface area contributed by atoms with E-state index in [4.69, 9.17) is 17.3 Å². The van der Waals surface area contributed by atoms with Crippen molar-refractivity contribution in [3.05, 3.63) is 49.3 Å². The van der Waals surface area contributed by atoms with Crippen LogP contribution in [0.3, 0.4) is 0 Å². The number of aliphatic hydroxyl groups excluding tert-OH is 3. The summed E-state index contributed by atoms with van der Waals surface area (Å²) >= 11 is 8.13. The van der Waals surface area contributed by atoms with Crippen LogP contribution in [0.15, 0.2) is 22.1 Å². The van der Waals surface area contributed by atoms with E-state index in [0.29, 0.717) is 22.1 Å². The van der Waals surface area contributed by atoms with Crippen LogP contribution < -0.4 is 21.5 Å². The van der Waals surface area contributed by atoms with Gasteiger partial charge in [0.15, 0.2) is 11.4 Å². The fraction of sp³-hybridized carbons (Fsp3) is 0.316. The number of amides is 1. The van der Waals surface area contributed by atoms with Gasteiger partial charge >= 0.3 is 0 Å². The first-order valence-electron chi connectivity index (χ1n) is 9.89. The summed E-state index contributed by atoms with van der Waals surface area (Å²) in [6.07, 6.45) is -2.19. The molecular weight excluding hydrogens is 506 g/mol. The van der Waals surface area contributed by atoms with E-state index in [1.165, 1.54) is 18.0 Å². The number of anilines is 3. The lowest BCUT2D eigenvalue weighted by Gasteiger charge is -2.19. The number of rotatable bonds is 6. The molecule has 1 aliphatic rings. The van der Waals surface area contributed by atoms with E-state index in [9.17, 15) is 24.9 Å². The minimum absolute atomic E-state index is 0.0341. The topological polar surface area (TPSA) is 190 Å². The Balaban J connectivity index is 1.62. The number of nitrogens with one attached hydrogen (secondary N) is 2. The fourth-order valence-corrected chi connectivity index (χ4v) is 5.23. The zero-order valence-electron chi connectivity index (χ0n) is 17.8. The third-order valence-electron chi connectivity index (χ3n) is 4.98. The van der Waals surface area contributed by atoms with Crippen LogP contribution in [-0.4, -0.2) is 60.0 Å². The van der Waals surface area contributed by atoms with Crippen LogP contribution in [-0.2, 0) is 6.42 Å². The lowest BCUT2D eigenvalue weighted by Crippen LogP contribution is -2.37. The number of pyridine rings is 1. The van der Waals surface area contributed by atoms with Crippen LogP contribution in [0.5, 0.6) is 0 Å². The molecule has 0 bridgehead atoms. The number of hydrogen-bond donors (Lipinski definition) is 6. The number of hydrogen-bond acceptors (Lipinski definition) is 11. The number of aryl methyl sites for hydroxylation is 1. The Bertz CT molecular complexity index is 1330. The van der Waals surface area contributed by atoms with Gasteiger partial charge in [0.2, 0.25) is 0 Å². The van der Waals surface area contributed by atoms with Gasteiger partial charge in [-0.25, -0.2) is 15.0 Å². The summed E-state index contributed by atoms with van der Waals surface area (Å²) < 4.78 is 2.52. The number of nitrogens with two attached hydrogens (primary N) is 1. The summed E-state index contributed by atoms with van der Waals surface area (Å²) in [5.74, 6) is -0.477. The quantitative estimate of drug-likeness (QED) is 0.200. The first-order valence-corrected chi connectivity index (χ1v) is 11.9. The Morgan fingerprint density at radius 1 is 1.47 bits per heavy atom. The molecule has 0 fully saturated rings. The SMILES string of the molecule is Cc1nc(Nc2s[nH]c(=O)c2/C(N)=N/C(O)C(C)O)sc1C(=O)N1c2nccc(Cl)c2CC1O. The molecule has 4 rings (SSSR count). The number of H-pyrrole nitrogens is 1. The maximum atomic E-state index is 13.3. The van der Waals surface area contributed by atoms with Gasteiger partial charge in [0.1, 0.15) is 33.3 Å². The first-order chi connectivity index (χ1) is 16.1.